The number of hydrogen-bond acceptors (Lipinski definition) is 2. The molecule has 0 saturated heterocycles. The molecule has 1 aromatic carbocycles. The van der Waals surface area contributed by atoms with Crippen molar-refractivity contribution in [2.45, 2.75) is 26.4 Å². The van der Waals surface area contributed by atoms with Crippen molar-refractivity contribution >= 4 is 15.9 Å². The summed E-state index contributed by atoms with van der Waals surface area (Å²) in [4.78, 5) is 0. The maximum absolute atomic E-state index is 4.47. The molecule has 0 radical (unpaired) electrons. The fourth-order valence-corrected chi connectivity index (χ4v) is 2.23. The van der Waals surface area contributed by atoms with E-state index < -0.39 is 0 Å². The molecule has 0 amide bonds. The SMILES string of the molecule is CNC(C)c1cnn(Cc2ccc(Br)cc2)c1C. The Kier molecular flexibility index (Phi) is 4.19. The van der Waals surface area contributed by atoms with Crippen LogP contribution < -0.4 is 5.32 Å². The molecule has 1 heterocycles. The Morgan fingerprint density at radius 2 is 2.00 bits per heavy atom. The smallest absolute Gasteiger partial charge is 0.0662 e. The van der Waals surface area contributed by atoms with E-state index in [-0.39, 0.29) is 0 Å². The molecule has 0 fully saturated rings. The average Bonchev–Trinajstić information content (AvgIpc) is 2.73. The van der Waals surface area contributed by atoms with Gasteiger partial charge in [-0.3, -0.25) is 4.68 Å². The first-order valence-corrected chi connectivity index (χ1v) is 6.85. The molecule has 0 aliphatic rings. The predicted octanol–water partition coefficient (Wildman–Crippen LogP) is 3.28. The third-order valence-electron chi connectivity index (χ3n) is 3.29. The normalized spacial score (nSPS) is 12.7. The fraction of sp³-hybridized carbons (Fsp3) is 0.357. The average molecular weight is 308 g/mol. The van der Waals surface area contributed by atoms with Gasteiger partial charge in [0.25, 0.3) is 0 Å². The van der Waals surface area contributed by atoms with E-state index in [1.165, 1.54) is 16.8 Å². The van der Waals surface area contributed by atoms with Crippen LogP contribution in [0.25, 0.3) is 0 Å². The summed E-state index contributed by atoms with van der Waals surface area (Å²) >= 11 is 3.45. The van der Waals surface area contributed by atoms with Crippen LogP contribution in [0, 0.1) is 6.92 Å². The summed E-state index contributed by atoms with van der Waals surface area (Å²) in [6.07, 6.45) is 1.95. The molecule has 2 aromatic rings. The molecule has 1 unspecified atom stereocenters. The molecular formula is C14H18BrN3. The van der Waals surface area contributed by atoms with Gasteiger partial charge in [-0.1, -0.05) is 28.1 Å². The number of benzene rings is 1. The highest BCUT2D eigenvalue weighted by atomic mass is 79.9. The Hall–Kier alpha value is -1.13. The molecule has 96 valence electrons. The van der Waals surface area contributed by atoms with E-state index in [9.17, 15) is 0 Å². The van der Waals surface area contributed by atoms with E-state index in [1.54, 1.807) is 0 Å². The summed E-state index contributed by atoms with van der Waals surface area (Å²) in [6.45, 7) is 5.08. The van der Waals surface area contributed by atoms with Crippen molar-refractivity contribution in [3.63, 3.8) is 0 Å². The molecule has 18 heavy (non-hydrogen) atoms. The minimum Gasteiger partial charge on any atom is -0.313 e. The van der Waals surface area contributed by atoms with Crippen LogP contribution in [0.4, 0.5) is 0 Å². The van der Waals surface area contributed by atoms with Crippen molar-refractivity contribution in [1.29, 1.82) is 0 Å². The number of halogens is 1. The van der Waals surface area contributed by atoms with Crippen molar-refractivity contribution in [3.05, 3.63) is 51.8 Å². The zero-order valence-corrected chi connectivity index (χ0v) is 12.5. The van der Waals surface area contributed by atoms with Gasteiger partial charge in [0.2, 0.25) is 0 Å². The number of rotatable bonds is 4. The molecule has 1 aromatic heterocycles. The van der Waals surface area contributed by atoms with Crippen molar-refractivity contribution < 1.29 is 0 Å². The highest BCUT2D eigenvalue weighted by molar-refractivity contribution is 9.10. The van der Waals surface area contributed by atoms with Gasteiger partial charge in [-0.05, 0) is 38.6 Å². The summed E-state index contributed by atoms with van der Waals surface area (Å²) in [5.74, 6) is 0. The van der Waals surface area contributed by atoms with E-state index in [4.69, 9.17) is 0 Å². The lowest BCUT2D eigenvalue weighted by Crippen LogP contribution is -2.13. The Labute approximate surface area is 116 Å². The zero-order chi connectivity index (χ0) is 13.1. The largest absolute Gasteiger partial charge is 0.313 e. The van der Waals surface area contributed by atoms with Gasteiger partial charge in [0.05, 0.1) is 12.7 Å². The van der Waals surface area contributed by atoms with E-state index in [2.05, 4.69) is 64.5 Å². The van der Waals surface area contributed by atoms with E-state index in [0.29, 0.717) is 6.04 Å². The number of nitrogens with zero attached hydrogens (tertiary/aromatic N) is 2. The molecule has 1 N–H and O–H groups in total. The monoisotopic (exact) mass is 307 g/mol. The topological polar surface area (TPSA) is 29.9 Å². The summed E-state index contributed by atoms with van der Waals surface area (Å²) in [7, 11) is 1.97. The van der Waals surface area contributed by atoms with Gasteiger partial charge in [-0.2, -0.15) is 5.10 Å². The van der Waals surface area contributed by atoms with E-state index in [1.807, 2.05) is 17.9 Å². The van der Waals surface area contributed by atoms with Crippen LogP contribution in [-0.2, 0) is 6.54 Å². The van der Waals surface area contributed by atoms with Crippen LogP contribution in [0.5, 0.6) is 0 Å². The van der Waals surface area contributed by atoms with Gasteiger partial charge in [0.1, 0.15) is 0 Å². The highest BCUT2D eigenvalue weighted by Crippen LogP contribution is 2.18. The first-order chi connectivity index (χ1) is 8.61. The summed E-state index contributed by atoms with van der Waals surface area (Å²) in [5.41, 5.74) is 3.74. The van der Waals surface area contributed by atoms with Gasteiger partial charge >= 0.3 is 0 Å². The molecule has 0 bridgehead atoms. The fourth-order valence-electron chi connectivity index (χ4n) is 1.96. The van der Waals surface area contributed by atoms with Crippen molar-refractivity contribution in [1.82, 2.24) is 15.1 Å². The van der Waals surface area contributed by atoms with Crippen LogP contribution in [0.15, 0.2) is 34.9 Å². The summed E-state index contributed by atoms with van der Waals surface area (Å²) < 4.78 is 3.15. The summed E-state index contributed by atoms with van der Waals surface area (Å²) in [5, 5.41) is 7.71. The zero-order valence-electron chi connectivity index (χ0n) is 10.9. The second-order valence-corrected chi connectivity index (χ2v) is 5.40. The molecule has 0 spiro atoms. The molecule has 2 rings (SSSR count). The number of nitrogens with one attached hydrogen (secondary N) is 1. The van der Waals surface area contributed by atoms with Crippen LogP contribution >= 0.6 is 15.9 Å². The summed E-state index contributed by atoms with van der Waals surface area (Å²) in [6, 6.07) is 8.69. The first-order valence-electron chi connectivity index (χ1n) is 6.06. The van der Waals surface area contributed by atoms with E-state index in [0.717, 1.165) is 11.0 Å². The second kappa shape index (κ2) is 5.67. The molecule has 0 aliphatic carbocycles. The third-order valence-corrected chi connectivity index (χ3v) is 3.81. The molecule has 0 saturated carbocycles. The van der Waals surface area contributed by atoms with Crippen molar-refractivity contribution in [3.8, 4) is 0 Å². The lowest BCUT2D eigenvalue weighted by molar-refractivity contribution is 0.632. The van der Waals surface area contributed by atoms with Gasteiger partial charge in [-0.25, -0.2) is 0 Å². The minimum absolute atomic E-state index is 0.337. The Morgan fingerprint density at radius 1 is 1.33 bits per heavy atom. The van der Waals surface area contributed by atoms with Crippen LogP contribution in [-0.4, -0.2) is 16.8 Å². The quantitative estimate of drug-likeness (QED) is 0.939. The second-order valence-electron chi connectivity index (χ2n) is 4.48. The molecular weight excluding hydrogens is 290 g/mol. The highest BCUT2D eigenvalue weighted by Gasteiger charge is 2.11. The standard InChI is InChI=1S/C14H18BrN3/c1-10(16-3)14-8-17-18(11(14)2)9-12-4-6-13(15)7-5-12/h4-8,10,16H,9H2,1-3H3. The maximum Gasteiger partial charge on any atom is 0.0662 e. The minimum atomic E-state index is 0.337. The van der Waals surface area contributed by atoms with Gasteiger partial charge in [0, 0.05) is 21.8 Å². The molecule has 4 heteroatoms. The Balaban J connectivity index is 2.20. The molecule has 1 atom stereocenters. The van der Waals surface area contributed by atoms with E-state index >= 15 is 0 Å². The van der Waals surface area contributed by atoms with Crippen LogP contribution in [0.1, 0.15) is 29.8 Å². The first kappa shape index (κ1) is 13.3. The van der Waals surface area contributed by atoms with Crippen LogP contribution in [0.3, 0.4) is 0 Å². The Morgan fingerprint density at radius 3 is 2.61 bits per heavy atom. The van der Waals surface area contributed by atoms with Gasteiger partial charge in [0.15, 0.2) is 0 Å². The number of aromatic nitrogens is 2. The lowest BCUT2D eigenvalue weighted by atomic mass is 10.1. The van der Waals surface area contributed by atoms with Crippen molar-refractivity contribution in [2.75, 3.05) is 7.05 Å². The molecule has 3 nitrogen and oxygen atoms in total. The van der Waals surface area contributed by atoms with Crippen LogP contribution in [0.2, 0.25) is 0 Å². The lowest BCUT2D eigenvalue weighted by Gasteiger charge is -2.10. The van der Waals surface area contributed by atoms with Gasteiger partial charge in [-0.15, -0.1) is 0 Å². The maximum atomic E-state index is 4.47. The van der Waals surface area contributed by atoms with Crippen molar-refractivity contribution in [2.24, 2.45) is 0 Å². The third kappa shape index (κ3) is 2.82. The predicted molar refractivity (Wildman–Crippen MR) is 77.7 cm³/mol. The Bertz CT molecular complexity index is 516. The molecule has 0 aliphatic heterocycles. The number of hydrogen-bond donors (Lipinski definition) is 1. The van der Waals surface area contributed by atoms with Gasteiger partial charge < -0.3 is 5.32 Å².